The number of halogens is 1. The van der Waals surface area contributed by atoms with Gasteiger partial charge in [-0.05, 0) is 41.5 Å². The largest absolute Gasteiger partial charge is 0.478 e. The quantitative estimate of drug-likeness (QED) is 0.206. The minimum Gasteiger partial charge on any atom is -0.478 e. The van der Waals surface area contributed by atoms with Crippen LogP contribution in [0.3, 0.4) is 0 Å². The molecule has 2 aromatic heterocycles. The van der Waals surface area contributed by atoms with E-state index < -0.39 is 17.4 Å². The summed E-state index contributed by atoms with van der Waals surface area (Å²) in [6.07, 6.45) is 0. The number of ether oxygens (including phenoxy) is 3. The summed E-state index contributed by atoms with van der Waals surface area (Å²) in [7, 11) is 1.68. The number of methoxy groups -OCH3 is 1. The van der Waals surface area contributed by atoms with Crippen molar-refractivity contribution in [3.63, 3.8) is 0 Å². The Hall–Kier alpha value is -4.83. The van der Waals surface area contributed by atoms with E-state index in [1.54, 1.807) is 43.5 Å². The van der Waals surface area contributed by atoms with Crippen molar-refractivity contribution in [1.29, 1.82) is 0 Å². The highest BCUT2D eigenvalue weighted by Crippen LogP contribution is 2.32. The average Bonchev–Trinajstić information content (AvgIpc) is 3.69. The molecule has 5 heterocycles. The van der Waals surface area contributed by atoms with Crippen molar-refractivity contribution >= 4 is 28.5 Å². The molecule has 4 aromatic rings. The van der Waals surface area contributed by atoms with E-state index in [9.17, 15) is 14.3 Å². The summed E-state index contributed by atoms with van der Waals surface area (Å²) in [5, 5.41) is 9.59. The van der Waals surface area contributed by atoms with Gasteiger partial charge in [0, 0.05) is 44.9 Å². The van der Waals surface area contributed by atoms with Gasteiger partial charge in [0.15, 0.2) is 5.69 Å². The Kier molecular flexibility index (Phi) is 7.45. The summed E-state index contributed by atoms with van der Waals surface area (Å²) in [5.74, 6) is 0.615. The van der Waals surface area contributed by atoms with Crippen molar-refractivity contribution in [2.75, 3.05) is 51.4 Å². The number of aromatic nitrogens is 3. The first-order valence-electron chi connectivity index (χ1n) is 14.6. The molecule has 0 unspecified atom stereocenters. The zero-order valence-electron chi connectivity index (χ0n) is 24.7. The number of pyridine rings is 1. The first-order valence-corrected chi connectivity index (χ1v) is 14.6. The standard InChI is InChI=1S/C33H31FN6O5/c1-35-25-8-6-22(26(34)11-25)17-45-31-5-3-4-29(37-31)39-14-23-12-38(13-24(23)15-39)16-30-36-27-9-7-21(32(41)42)10-28(27)40(30)18-33(43-2)19-44-20-33/h3-11H,12-20H2,2H3,(H,41,42). The number of aromatic carboxylic acids is 1. The molecule has 0 bridgehead atoms. The van der Waals surface area contributed by atoms with Crippen LogP contribution in [0.15, 0.2) is 65.7 Å². The predicted octanol–water partition coefficient (Wildman–Crippen LogP) is 4.45. The van der Waals surface area contributed by atoms with Crippen LogP contribution in [0.5, 0.6) is 5.88 Å². The highest BCUT2D eigenvalue weighted by atomic mass is 19.1. The van der Waals surface area contributed by atoms with Crippen molar-refractivity contribution in [2.45, 2.75) is 25.3 Å². The van der Waals surface area contributed by atoms with Gasteiger partial charge in [0.25, 0.3) is 0 Å². The van der Waals surface area contributed by atoms with E-state index in [1.165, 1.54) is 17.2 Å². The van der Waals surface area contributed by atoms with Gasteiger partial charge in [-0.15, -0.1) is 0 Å². The third-order valence-electron chi connectivity index (χ3n) is 8.72. The van der Waals surface area contributed by atoms with Gasteiger partial charge in [-0.1, -0.05) is 18.2 Å². The fraction of sp³-hybridized carbons (Fsp3) is 0.333. The van der Waals surface area contributed by atoms with Gasteiger partial charge in [-0.3, -0.25) is 4.90 Å². The predicted molar refractivity (Wildman–Crippen MR) is 163 cm³/mol. The molecule has 230 valence electrons. The molecular formula is C33H31FN6O5. The fourth-order valence-electron chi connectivity index (χ4n) is 6.16. The zero-order chi connectivity index (χ0) is 31.1. The number of hydrogen-bond acceptors (Lipinski definition) is 8. The molecule has 12 heteroatoms. The number of nitrogens with zero attached hydrogens (tertiary/aromatic N) is 6. The maximum atomic E-state index is 14.3. The normalized spacial score (nSPS) is 17.4. The highest BCUT2D eigenvalue weighted by Gasteiger charge is 2.40. The minimum atomic E-state index is -0.975. The molecule has 0 aliphatic carbocycles. The molecule has 1 N–H and O–H groups in total. The Morgan fingerprint density at radius 3 is 2.56 bits per heavy atom. The first-order chi connectivity index (χ1) is 21.8. The molecular weight excluding hydrogens is 579 g/mol. The molecule has 0 amide bonds. The van der Waals surface area contributed by atoms with Crippen LogP contribution in [0, 0.1) is 12.4 Å². The van der Waals surface area contributed by atoms with Crippen molar-refractivity contribution in [1.82, 2.24) is 19.4 Å². The molecule has 3 aliphatic rings. The molecule has 1 fully saturated rings. The van der Waals surface area contributed by atoms with Gasteiger partial charge in [0.1, 0.15) is 29.7 Å². The monoisotopic (exact) mass is 610 g/mol. The number of carbonyl (C=O) groups is 1. The summed E-state index contributed by atoms with van der Waals surface area (Å²) in [6.45, 7) is 12.2. The SMILES string of the molecule is [C-]#[N+]c1ccc(COc2cccc(N3CC4=C(CN(Cc5nc6ccc(C(=O)O)cc6n5CC5(OC)COC5)C4)C3)n2)c(F)c1. The van der Waals surface area contributed by atoms with E-state index in [0.29, 0.717) is 37.7 Å². The Bertz CT molecular complexity index is 1850. The molecule has 3 aliphatic heterocycles. The third-order valence-corrected chi connectivity index (χ3v) is 8.72. The number of fused-ring (bicyclic) bond motifs is 1. The molecule has 7 rings (SSSR count). The maximum absolute atomic E-state index is 14.3. The third kappa shape index (κ3) is 5.62. The van der Waals surface area contributed by atoms with Crippen LogP contribution in [0.4, 0.5) is 15.9 Å². The van der Waals surface area contributed by atoms with Crippen LogP contribution >= 0.6 is 0 Å². The van der Waals surface area contributed by atoms with Crippen LogP contribution in [0.25, 0.3) is 15.9 Å². The second-order valence-electron chi connectivity index (χ2n) is 11.7. The van der Waals surface area contributed by atoms with Crippen LogP contribution in [0.1, 0.15) is 21.7 Å². The molecule has 45 heavy (non-hydrogen) atoms. The second-order valence-corrected chi connectivity index (χ2v) is 11.7. The number of carboxylic acid groups (broad SMARTS) is 1. The average molecular weight is 611 g/mol. The molecule has 0 radical (unpaired) electrons. The van der Waals surface area contributed by atoms with E-state index in [2.05, 4.69) is 24.2 Å². The van der Waals surface area contributed by atoms with Gasteiger partial charge in [0.05, 0.1) is 49.5 Å². The lowest BCUT2D eigenvalue weighted by atomic mass is 10.0. The van der Waals surface area contributed by atoms with Gasteiger partial charge in [-0.2, -0.15) is 4.98 Å². The number of hydrogen-bond donors (Lipinski definition) is 1. The number of benzene rings is 2. The molecule has 0 spiro atoms. The van der Waals surface area contributed by atoms with Crippen LogP contribution < -0.4 is 9.64 Å². The summed E-state index contributed by atoms with van der Waals surface area (Å²) < 4.78 is 33.5. The van der Waals surface area contributed by atoms with Crippen molar-refractivity contribution in [2.24, 2.45) is 0 Å². The summed E-state index contributed by atoms with van der Waals surface area (Å²) in [6, 6.07) is 15.0. The fourth-order valence-corrected chi connectivity index (χ4v) is 6.16. The minimum absolute atomic E-state index is 0.0190. The van der Waals surface area contributed by atoms with Gasteiger partial charge in [-0.25, -0.2) is 19.0 Å². The van der Waals surface area contributed by atoms with E-state index in [0.717, 1.165) is 48.9 Å². The number of imidazole rings is 1. The van der Waals surface area contributed by atoms with Crippen molar-refractivity contribution in [3.8, 4) is 5.88 Å². The van der Waals surface area contributed by atoms with Gasteiger partial charge >= 0.3 is 5.97 Å². The molecule has 0 atom stereocenters. The lowest BCUT2D eigenvalue weighted by Crippen LogP contribution is -2.54. The lowest BCUT2D eigenvalue weighted by Gasteiger charge is -2.40. The Labute approximate surface area is 258 Å². The van der Waals surface area contributed by atoms with Crippen molar-refractivity contribution < 1.29 is 28.5 Å². The lowest BCUT2D eigenvalue weighted by molar-refractivity contribution is -0.202. The van der Waals surface area contributed by atoms with E-state index >= 15 is 0 Å². The summed E-state index contributed by atoms with van der Waals surface area (Å²) in [5.41, 5.74) is 4.60. The Morgan fingerprint density at radius 1 is 1.09 bits per heavy atom. The Morgan fingerprint density at radius 2 is 1.89 bits per heavy atom. The summed E-state index contributed by atoms with van der Waals surface area (Å²) >= 11 is 0. The van der Waals surface area contributed by atoms with Gasteiger partial charge < -0.3 is 28.8 Å². The van der Waals surface area contributed by atoms with E-state index in [1.807, 2.05) is 12.1 Å². The first kappa shape index (κ1) is 28.9. The van der Waals surface area contributed by atoms with E-state index in [-0.39, 0.29) is 17.9 Å². The number of rotatable bonds is 10. The maximum Gasteiger partial charge on any atom is 0.335 e. The summed E-state index contributed by atoms with van der Waals surface area (Å²) in [4.78, 5) is 29.1. The topological polar surface area (TPSA) is 107 Å². The highest BCUT2D eigenvalue weighted by molar-refractivity contribution is 5.92. The van der Waals surface area contributed by atoms with Crippen LogP contribution in [-0.4, -0.2) is 82.6 Å². The zero-order valence-corrected chi connectivity index (χ0v) is 24.7. The van der Waals surface area contributed by atoms with Crippen LogP contribution in [-0.2, 0) is 29.2 Å². The van der Waals surface area contributed by atoms with Gasteiger partial charge in [0.2, 0.25) is 5.88 Å². The van der Waals surface area contributed by atoms with Crippen molar-refractivity contribution in [3.05, 3.63) is 99.9 Å². The van der Waals surface area contributed by atoms with E-state index in [4.69, 9.17) is 25.8 Å². The Balaban J connectivity index is 1.02. The number of carboxylic acids is 1. The molecule has 0 saturated carbocycles. The molecule has 1 saturated heterocycles. The number of anilines is 1. The van der Waals surface area contributed by atoms with Crippen LogP contribution in [0.2, 0.25) is 0 Å². The smallest absolute Gasteiger partial charge is 0.335 e. The molecule has 2 aromatic carbocycles. The molecule has 11 nitrogen and oxygen atoms in total. The second kappa shape index (κ2) is 11.6.